The molecule has 0 bridgehead atoms. The number of nitrogens with two attached hydrogens (primary N) is 1. The van der Waals surface area contributed by atoms with Gasteiger partial charge in [-0.05, 0) is 25.2 Å². The van der Waals surface area contributed by atoms with Crippen LogP contribution in [0.15, 0.2) is 0 Å². The molecular weight excluding hydrogens is 238 g/mol. The van der Waals surface area contributed by atoms with Gasteiger partial charge in [0.2, 0.25) is 5.91 Å². The predicted molar refractivity (Wildman–Crippen MR) is 71.3 cm³/mol. The molecule has 2 heterocycles. The van der Waals surface area contributed by atoms with Gasteiger partial charge in [0.05, 0.1) is 6.54 Å². The molecule has 5 heteroatoms. The molecule has 2 atom stereocenters. The van der Waals surface area contributed by atoms with E-state index in [4.69, 9.17) is 5.73 Å². The third kappa shape index (κ3) is 4.12. The molecule has 4 nitrogen and oxygen atoms in total. The molecule has 0 aromatic carbocycles. The van der Waals surface area contributed by atoms with Gasteiger partial charge in [-0.15, -0.1) is 12.4 Å². The number of hydrogen-bond donors (Lipinski definition) is 1. The Morgan fingerprint density at radius 2 is 2.06 bits per heavy atom. The molecule has 2 rings (SSSR count). The van der Waals surface area contributed by atoms with Crippen LogP contribution in [-0.2, 0) is 4.79 Å². The summed E-state index contributed by atoms with van der Waals surface area (Å²) in [5.74, 6) is 0.958. The SMILES string of the molecule is CC1CCCN(C(=O)CN2CC[C@H](N)C2)C1.Cl. The minimum atomic E-state index is 0. The Labute approximate surface area is 110 Å². The number of likely N-dealkylation sites (tertiary alicyclic amines) is 2. The van der Waals surface area contributed by atoms with Crippen LogP contribution in [0, 0.1) is 5.92 Å². The van der Waals surface area contributed by atoms with E-state index in [1.165, 1.54) is 6.42 Å². The van der Waals surface area contributed by atoms with Gasteiger partial charge in [0.25, 0.3) is 0 Å². The van der Waals surface area contributed by atoms with Crippen molar-refractivity contribution >= 4 is 18.3 Å². The maximum Gasteiger partial charge on any atom is 0.236 e. The van der Waals surface area contributed by atoms with E-state index in [9.17, 15) is 4.79 Å². The zero-order chi connectivity index (χ0) is 11.5. The normalized spacial score (nSPS) is 30.1. The van der Waals surface area contributed by atoms with Gasteiger partial charge in [0, 0.05) is 32.2 Å². The van der Waals surface area contributed by atoms with Gasteiger partial charge in [-0.25, -0.2) is 0 Å². The highest BCUT2D eigenvalue weighted by Crippen LogP contribution is 2.16. The molecule has 2 saturated heterocycles. The van der Waals surface area contributed by atoms with Crippen molar-refractivity contribution in [3.05, 3.63) is 0 Å². The van der Waals surface area contributed by atoms with Crippen molar-refractivity contribution in [2.75, 3.05) is 32.7 Å². The van der Waals surface area contributed by atoms with Gasteiger partial charge in [-0.1, -0.05) is 6.92 Å². The van der Waals surface area contributed by atoms with Crippen LogP contribution in [0.5, 0.6) is 0 Å². The maximum absolute atomic E-state index is 12.0. The first kappa shape index (κ1) is 14.7. The number of rotatable bonds is 2. The van der Waals surface area contributed by atoms with Crippen LogP contribution in [0.2, 0.25) is 0 Å². The van der Waals surface area contributed by atoms with Crippen molar-refractivity contribution in [2.45, 2.75) is 32.2 Å². The highest BCUT2D eigenvalue weighted by atomic mass is 35.5. The first-order valence-corrected chi connectivity index (χ1v) is 6.41. The van der Waals surface area contributed by atoms with Gasteiger partial charge in [0.1, 0.15) is 0 Å². The lowest BCUT2D eigenvalue weighted by atomic mass is 10.0. The molecule has 0 aliphatic carbocycles. The summed E-state index contributed by atoms with van der Waals surface area (Å²) in [5, 5.41) is 0. The fourth-order valence-electron chi connectivity index (χ4n) is 2.71. The first-order valence-electron chi connectivity index (χ1n) is 6.41. The van der Waals surface area contributed by atoms with Gasteiger partial charge in [-0.2, -0.15) is 0 Å². The van der Waals surface area contributed by atoms with Crippen molar-refractivity contribution < 1.29 is 4.79 Å². The zero-order valence-electron chi connectivity index (χ0n) is 10.6. The Balaban J connectivity index is 0.00000144. The average molecular weight is 262 g/mol. The van der Waals surface area contributed by atoms with Crippen LogP contribution in [0.25, 0.3) is 0 Å². The number of piperidine rings is 1. The fourth-order valence-corrected chi connectivity index (χ4v) is 2.71. The predicted octanol–water partition coefficient (Wildman–Crippen LogP) is 0.700. The van der Waals surface area contributed by atoms with E-state index >= 15 is 0 Å². The van der Waals surface area contributed by atoms with E-state index in [1.54, 1.807) is 0 Å². The van der Waals surface area contributed by atoms with E-state index in [0.717, 1.165) is 39.0 Å². The summed E-state index contributed by atoms with van der Waals surface area (Å²) in [6, 6.07) is 0.271. The maximum atomic E-state index is 12.0. The van der Waals surface area contributed by atoms with Crippen LogP contribution in [0.1, 0.15) is 26.2 Å². The van der Waals surface area contributed by atoms with Gasteiger partial charge in [-0.3, -0.25) is 9.69 Å². The van der Waals surface area contributed by atoms with Crippen molar-refractivity contribution in [1.29, 1.82) is 0 Å². The lowest BCUT2D eigenvalue weighted by Gasteiger charge is -2.32. The van der Waals surface area contributed by atoms with Gasteiger partial charge >= 0.3 is 0 Å². The minimum Gasteiger partial charge on any atom is -0.341 e. The molecule has 0 aromatic rings. The molecule has 0 spiro atoms. The smallest absolute Gasteiger partial charge is 0.236 e. The summed E-state index contributed by atoms with van der Waals surface area (Å²) in [7, 11) is 0. The van der Waals surface area contributed by atoms with E-state index < -0.39 is 0 Å². The second-order valence-corrected chi connectivity index (χ2v) is 5.37. The Kier molecular flexibility index (Phi) is 5.70. The largest absolute Gasteiger partial charge is 0.341 e. The number of carbonyl (C=O) groups excluding carboxylic acids is 1. The highest BCUT2D eigenvalue weighted by molar-refractivity contribution is 5.85. The minimum absolute atomic E-state index is 0. The third-order valence-corrected chi connectivity index (χ3v) is 3.68. The molecule has 2 N–H and O–H groups in total. The second-order valence-electron chi connectivity index (χ2n) is 5.37. The molecule has 100 valence electrons. The molecule has 1 amide bonds. The Morgan fingerprint density at radius 1 is 1.29 bits per heavy atom. The van der Waals surface area contributed by atoms with E-state index in [1.807, 2.05) is 4.90 Å². The standard InChI is InChI=1S/C12H23N3O.ClH/c1-10-3-2-5-15(7-10)12(16)9-14-6-4-11(13)8-14;/h10-11H,2-9,13H2,1H3;1H/t10?,11-;/m0./s1. The summed E-state index contributed by atoms with van der Waals surface area (Å²) in [4.78, 5) is 16.3. The fraction of sp³-hybridized carbons (Fsp3) is 0.917. The number of nitrogens with zero attached hydrogens (tertiary/aromatic N) is 2. The number of halogens is 1. The number of hydrogen-bond acceptors (Lipinski definition) is 3. The molecule has 0 aromatic heterocycles. The van der Waals surface area contributed by atoms with Crippen LogP contribution in [0.4, 0.5) is 0 Å². The summed E-state index contributed by atoms with van der Waals surface area (Å²) >= 11 is 0. The molecule has 1 unspecified atom stereocenters. The molecule has 2 aliphatic heterocycles. The quantitative estimate of drug-likeness (QED) is 0.796. The number of amides is 1. The van der Waals surface area contributed by atoms with Crippen LogP contribution < -0.4 is 5.73 Å². The van der Waals surface area contributed by atoms with Gasteiger partial charge in [0.15, 0.2) is 0 Å². The molecule has 2 fully saturated rings. The summed E-state index contributed by atoms with van der Waals surface area (Å²) in [6.45, 7) is 6.55. The average Bonchev–Trinajstić information content (AvgIpc) is 2.64. The molecule has 17 heavy (non-hydrogen) atoms. The van der Waals surface area contributed by atoms with Crippen LogP contribution in [0.3, 0.4) is 0 Å². The summed E-state index contributed by atoms with van der Waals surface area (Å²) in [5.41, 5.74) is 5.83. The monoisotopic (exact) mass is 261 g/mol. The van der Waals surface area contributed by atoms with Crippen molar-refractivity contribution in [2.24, 2.45) is 11.7 Å². The van der Waals surface area contributed by atoms with E-state index in [2.05, 4.69) is 11.8 Å². The highest BCUT2D eigenvalue weighted by Gasteiger charge is 2.25. The Morgan fingerprint density at radius 3 is 2.65 bits per heavy atom. The zero-order valence-corrected chi connectivity index (χ0v) is 11.4. The molecular formula is C12H24ClN3O. The lowest BCUT2D eigenvalue weighted by molar-refractivity contribution is -0.133. The first-order chi connectivity index (χ1) is 7.65. The van der Waals surface area contributed by atoms with Gasteiger partial charge < -0.3 is 10.6 Å². The van der Waals surface area contributed by atoms with E-state index in [0.29, 0.717) is 18.4 Å². The topological polar surface area (TPSA) is 49.6 Å². The molecule has 0 radical (unpaired) electrons. The second kappa shape index (κ2) is 6.57. The Hall–Kier alpha value is -0.320. The van der Waals surface area contributed by atoms with Crippen LogP contribution >= 0.6 is 12.4 Å². The van der Waals surface area contributed by atoms with E-state index in [-0.39, 0.29) is 18.4 Å². The molecule has 2 aliphatic rings. The Bertz CT molecular complexity index is 262. The lowest BCUT2D eigenvalue weighted by Crippen LogP contribution is -2.44. The third-order valence-electron chi connectivity index (χ3n) is 3.68. The summed E-state index contributed by atoms with van der Waals surface area (Å²) in [6.07, 6.45) is 3.45. The number of carbonyl (C=O) groups is 1. The van der Waals surface area contributed by atoms with Crippen LogP contribution in [-0.4, -0.2) is 54.5 Å². The van der Waals surface area contributed by atoms with Crippen molar-refractivity contribution in [3.8, 4) is 0 Å². The summed E-state index contributed by atoms with van der Waals surface area (Å²) < 4.78 is 0. The van der Waals surface area contributed by atoms with Crippen molar-refractivity contribution in [3.63, 3.8) is 0 Å². The van der Waals surface area contributed by atoms with Crippen molar-refractivity contribution in [1.82, 2.24) is 9.80 Å². The molecule has 0 saturated carbocycles.